The van der Waals surface area contributed by atoms with Gasteiger partial charge in [0.1, 0.15) is 11.7 Å². The van der Waals surface area contributed by atoms with Crippen molar-refractivity contribution < 1.29 is 37.3 Å². The SMILES string of the molecule is Cc1ccccc1CCC(=O)N1CC2(CC(Oc3ccccn3)CCO2)C1.O=C(O)C(F)(F)F. The highest BCUT2D eigenvalue weighted by molar-refractivity contribution is 5.77. The van der Waals surface area contributed by atoms with Crippen LogP contribution in [-0.2, 0) is 20.7 Å². The second-order valence-electron chi connectivity index (χ2n) is 8.41. The Morgan fingerprint density at radius 3 is 2.50 bits per heavy atom. The third kappa shape index (κ3) is 6.93. The van der Waals surface area contributed by atoms with Gasteiger partial charge >= 0.3 is 12.1 Å². The summed E-state index contributed by atoms with van der Waals surface area (Å²) in [4.78, 5) is 27.6. The zero-order valence-electron chi connectivity index (χ0n) is 18.8. The molecule has 0 radical (unpaired) electrons. The third-order valence-corrected chi connectivity index (χ3v) is 5.80. The van der Waals surface area contributed by atoms with Gasteiger partial charge in [0.15, 0.2) is 0 Å². The van der Waals surface area contributed by atoms with Crippen molar-refractivity contribution in [2.45, 2.75) is 50.5 Å². The van der Waals surface area contributed by atoms with E-state index in [2.05, 4.69) is 24.0 Å². The number of halogens is 3. The average molecular weight is 480 g/mol. The van der Waals surface area contributed by atoms with Crippen LogP contribution in [0.2, 0.25) is 0 Å². The molecule has 1 spiro atoms. The summed E-state index contributed by atoms with van der Waals surface area (Å²) in [5.41, 5.74) is 2.25. The van der Waals surface area contributed by atoms with E-state index >= 15 is 0 Å². The van der Waals surface area contributed by atoms with Crippen LogP contribution in [0, 0.1) is 6.92 Å². The lowest BCUT2D eigenvalue weighted by atomic mass is 9.84. The average Bonchev–Trinajstić information content (AvgIpc) is 2.77. The van der Waals surface area contributed by atoms with Gasteiger partial charge in [-0.3, -0.25) is 4.79 Å². The lowest BCUT2D eigenvalue weighted by molar-refractivity contribution is -0.193. The highest BCUT2D eigenvalue weighted by atomic mass is 19.4. The number of benzene rings is 1. The molecule has 1 atom stereocenters. The summed E-state index contributed by atoms with van der Waals surface area (Å²) in [6, 6.07) is 13.9. The maximum atomic E-state index is 12.5. The van der Waals surface area contributed by atoms with E-state index in [1.807, 2.05) is 35.2 Å². The van der Waals surface area contributed by atoms with E-state index in [9.17, 15) is 18.0 Å². The van der Waals surface area contributed by atoms with Gasteiger partial charge in [0.2, 0.25) is 11.8 Å². The molecule has 2 aliphatic rings. The Morgan fingerprint density at radius 1 is 1.21 bits per heavy atom. The van der Waals surface area contributed by atoms with E-state index in [1.165, 1.54) is 11.1 Å². The lowest BCUT2D eigenvalue weighted by Crippen LogP contribution is -2.67. The Bertz CT molecular complexity index is 978. The van der Waals surface area contributed by atoms with Crippen LogP contribution >= 0.6 is 0 Å². The molecule has 0 bridgehead atoms. The largest absolute Gasteiger partial charge is 0.490 e. The van der Waals surface area contributed by atoms with E-state index < -0.39 is 12.1 Å². The van der Waals surface area contributed by atoms with Gasteiger partial charge in [0.25, 0.3) is 0 Å². The van der Waals surface area contributed by atoms with Gasteiger partial charge < -0.3 is 19.5 Å². The standard InChI is InChI=1S/C22H26N2O3.C2HF3O2/c1-17-6-2-3-7-18(17)9-10-21(25)24-15-22(16-24)14-19(11-13-26-22)27-20-8-4-5-12-23-20;3-2(4,5)1(6)7/h2-8,12,19H,9-11,13-16H2,1H3;(H,6,7). The maximum Gasteiger partial charge on any atom is 0.490 e. The summed E-state index contributed by atoms with van der Waals surface area (Å²) in [6.45, 7) is 4.10. The number of rotatable bonds is 5. The molecule has 7 nitrogen and oxygen atoms in total. The van der Waals surface area contributed by atoms with Gasteiger partial charge in [-0.2, -0.15) is 13.2 Å². The van der Waals surface area contributed by atoms with Crippen molar-refractivity contribution in [3.63, 3.8) is 0 Å². The van der Waals surface area contributed by atoms with Gasteiger partial charge in [-0.25, -0.2) is 9.78 Å². The number of carbonyl (C=O) groups excluding carboxylic acids is 1. The number of amides is 1. The van der Waals surface area contributed by atoms with Crippen LogP contribution in [0.15, 0.2) is 48.7 Å². The Kier molecular flexibility index (Phi) is 8.14. The number of likely N-dealkylation sites (tertiary alicyclic amines) is 1. The number of carboxylic acids is 1. The summed E-state index contributed by atoms with van der Waals surface area (Å²) in [7, 11) is 0. The first-order valence-electron chi connectivity index (χ1n) is 10.9. The molecule has 2 saturated heterocycles. The smallest absolute Gasteiger partial charge is 0.475 e. The Balaban J connectivity index is 0.000000406. The maximum absolute atomic E-state index is 12.5. The minimum Gasteiger partial charge on any atom is -0.475 e. The number of pyridine rings is 1. The molecular weight excluding hydrogens is 453 g/mol. The van der Waals surface area contributed by atoms with Crippen molar-refractivity contribution in [1.29, 1.82) is 0 Å². The van der Waals surface area contributed by atoms with Crippen molar-refractivity contribution in [3.8, 4) is 5.88 Å². The van der Waals surface area contributed by atoms with E-state index in [0.717, 1.165) is 19.3 Å². The minimum atomic E-state index is -5.08. The van der Waals surface area contributed by atoms with Crippen molar-refractivity contribution in [1.82, 2.24) is 9.88 Å². The number of aliphatic carboxylic acids is 1. The Hall–Kier alpha value is -3.14. The van der Waals surface area contributed by atoms with Crippen LogP contribution in [0.5, 0.6) is 5.88 Å². The minimum absolute atomic E-state index is 0.0953. The van der Waals surface area contributed by atoms with E-state index in [0.29, 0.717) is 32.0 Å². The van der Waals surface area contributed by atoms with Crippen LogP contribution < -0.4 is 4.74 Å². The van der Waals surface area contributed by atoms with Crippen molar-refractivity contribution in [2.24, 2.45) is 0 Å². The molecule has 3 heterocycles. The number of aromatic nitrogens is 1. The molecule has 1 aromatic carbocycles. The fraction of sp³-hybridized carbons (Fsp3) is 0.458. The van der Waals surface area contributed by atoms with Gasteiger partial charge in [-0.05, 0) is 30.5 Å². The first-order chi connectivity index (χ1) is 16.1. The van der Waals surface area contributed by atoms with E-state index in [4.69, 9.17) is 19.4 Å². The molecule has 2 aliphatic heterocycles. The second-order valence-corrected chi connectivity index (χ2v) is 8.41. The molecule has 1 aromatic heterocycles. The van der Waals surface area contributed by atoms with E-state index in [-0.39, 0.29) is 17.6 Å². The quantitative estimate of drug-likeness (QED) is 0.701. The summed E-state index contributed by atoms with van der Waals surface area (Å²) < 4.78 is 43.8. The number of ether oxygens (including phenoxy) is 2. The van der Waals surface area contributed by atoms with Gasteiger partial charge in [0, 0.05) is 31.5 Å². The van der Waals surface area contributed by atoms with E-state index in [1.54, 1.807) is 6.20 Å². The Labute approximate surface area is 195 Å². The molecule has 184 valence electrons. The topological polar surface area (TPSA) is 89.0 Å². The summed E-state index contributed by atoms with van der Waals surface area (Å²) in [5.74, 6) is -1.89. The molecule has 2 fully saturated rings. The molecule has 0 aliphatic carbocycles. The molecule has 1 unspecified atom stereocenters. The molecule has 4 rings (SSSR count). The van der Waals surface area contributed by atoms with Crippen molar-refractivity contribution in [2.75, 3.05) is 19.7 Å². The summed E-state index contributed by atoms with van der Waals surface area (Å²) in [5, 5.41) is 7.12. The monoisotopic (exact) mass is 480 g/mol. The number of carboxylic acid groups (broad SMARTS) is 1. The fourth-order valence-corrected chi connectivity index (χ4v) is 4.01. The van der Waals surface area contributed by atoms with Crippen LogP contribution in [0.1, 0.15) is 30.4 Å². The molecule has 1 N–H and O–H groups in total. The van der Waals surface area contributed by atoms with Gasteiger partial charge in [0.05, 0.1) is 19.7 Å². The highest BCUT2D eigenvalue weighted by Crippen LogP contribution is 2.36. The zero-order chi connectivity index (χ0) is 24.8. The number of hydrogen-bond donors (Lipinski definition) is 1. The van der Waals surface area contributed by atoms with Crippen molar-refractivity contribution >= 4 is 11.9 Å². The lowest BCUT2D eigenvalue weighted by Gasteiger charge is -2.52. The molecule has 0 saturated carbocycles. The second kappa shape index (κ2) is 10.9. The first kappa shape index (κ1) is 25.5. The molecule has 34 heavy (non-hydrogen) atoms. The molecule has 10 heteroatoms. The first-order valence-corrected chi connectivity index (χ1v) is 10.9. The van der Waals surface area contributed by atoms with Crippen LogP contribution in [0.25, 0.3) is 0 Å². The normalized spacial score (nSPS) is 18.9. The fourth-order valence-electron chi connectivity index (χ4n) is 4.01. The summed E-state index contributed by atoms with van der Waals surface area (Å²) >= 11 is 0. The number of alkyl halides is 3. The van der Waals surface area contributed by atoms with Crippen molar-refractivity contribution in [3.05, 3.63) is 59.8 Å². The molecule has 1 amide bonds. The zero-order valence-corrected chi connectivity index (χ0v) is 18.8. The number of nitrogens with zero attached hydrogens (tertiary/aromatic N) is 2. The number of hydrogen-bond acceptors (Lipinski definition) is 5. The predicted molar refractivity (Wildman–Crippen MR) is 116 cm³/mol. The molecule has 2 aromatic rings. The van der Waals surface area contributed by atoms with Crippen LogP contribution in [0.4, 0.5) is 13.2 Å². The highest BCUT2D eigenvalue weighted by Gasteiger charge is 2.49. The molecular formula is C24H27F3N2O5. The number of aryl methyl sites for hydroxylation is 2. The Morgan fingerprint density at radius 2 is 1.88 bits per heavy atom. The van der Waals surface area contributed by atoms with Crippen LogP contribution in [0.3, 0.4) is 0 Å². The third-order valence-electron chi connectivity index (χ3n) is 5.80. The predicted octanol–water partition coefficient (Wildman–Crippen LogP) is 3.79. The number of carbonyl (C=O) groups is 2. The van der Waals surface area contributed by atoms with Gasteiger partial charge in [-0.15, -0.1) is 0 Å². The summed E-state index contributed by atoms with van der Waals surface area (Å²) in [6.07, 6.45) is -0.235. The van der Waals surface area contributed by atoms with Gasteiger partial charge in [-0.1, -0.05) is 30.3 Å². The van der Waals surface area contributed by atoms with Crippen LogP contribution in [-0.4, -0.2) is 64.4 Å².